The summed E-state index contributed by atoms with van der Waals surface area (Å²) in [5, 5.41) is 2.52. The molecule has 0 fully saturated rings. The van der Waals surface area contributed by atoms with Crippen molar-refractivity contribution in [1.82, 2.24) is 0 Å². The summed E-state index contributed by atoms with van der Waals surface area (Å²) >= 11 is 26.2. The number of benzene rings is 6. The van der Waals surface area contributed by atoms with Crippen LogP contribution in [-0.4, -0.2) is 12.2 Å². The Hall–Kier alpha value is -3.96. The summed E-state index contributed by atoms with van der Waals surface area (Å²) in [6, 6.07) is 47.1. The normalized spacial score (nSPS) is 13.0. The summed E-state index contributed by atoms with van der Waals surface area (Å²) in [7, 11) is 0. The van der Waals surface area contributed by atoms with Crippen LogP contribution in [0, 0.1) is 0 Å². The fourth-order valence-corrected chi connectivity index (χ4v) is 7.30. The van der Waals surface area contributed by atoms with Crippen LogP contribution in [0.3, 0.4) is 0 Å². The predicted molar refractivity (Wildman–Crippen MR) is 221 cm³/mol. The minimum atomic E-state index is -0.475. The Morgan fingerprint density at radius 2 is 0.774 bits per heavy atom. The van der Waals surface area contributed by atoms with Gasteiger partial charge in [-0.3, -0.25) is 0 Å². The molecule has 272 valence electrons. The van der Waals surface area contributed by atoms with Crippen molar-refractivity contribution in [2.24, 2.45) is 0 Å². The number of halogens is 4. The molecule has 6 aromatic rings. The molecule has 0 N–H and O–H groups in total. The Morgan fingerprint density at radius 3 is 1.13 bits per heavy atom. The number of para-hydroxylation sites is 2. The van der Waals surface area contributed by atoms with Crippen molar-refractivity contribution in [3.05, 3.63) is 188 Å². The summed E-state index contributed by atoms with van der Waals surface area (Å²) in [5.41, 5.74) is 3.22. The zero-order valence-electron chi connectivity index (χ0n) is 30.2. The van der Waals surface area contributed by atoms with E-state index in [1.165, 1.54) is 0 Å². The monoisotopic (exact) mass is 782 g/mol. The highest BCUT2D eigenvalue weighted by Gasteiger charge is 2.40. The standard InChI is InChI=1S/C46H42Cl4O3/c1-45(2,33-15-19-35(47)20-16-33)43(27-31-23-37(49)29-41(25-31)51-39-11-7-5-8-12-39)53-44(46(3,4)34-17-21-36(48)22-18-34)28-32-24-38(50)30-42(26-32)52-40-13-9-6-10-14-40/h5-26,29-30,43-44H,27-28H2,1-4H3. The van der Waals surface area contributed by atoms with Gasteiger partial charge in [-0.25, -0.2) is 0 Å². The molecule has 6 rings (SSSR count). The van der Waals surface area contributed by atoms with E-state index in [0.717, 1.165) is 33.8 Å². The minimum absolute atomic E-state index is 0.331. The van der Waals surface area contributed by atoms with Gasteiger partial charge >= 0.3 is 0 Å². The molecule has 0 saturated heterocycles. The maximum Gasteiger partial charge on any atom is 0.129 e. The Bertz CT molecular complexity index is 1950. The molecule has 0 bridgehead atoms. The molecule has 0 spiro atoms. The van der Waals surface area contributed by atoms with Gasteiger partial charge in [-0.15, -0.1) is 0 Å². The number of hydrogen-bond acceptors (Lipinski definition) is 3. The maximum absolute atomic E-state index is 7.52. The van der Waals surface area contributed by atoms with Crippen molar-refractivity contribution in [3.63, 3.8) is 0 Å². The molecule has 6 aromatic carbocycles. The molecule has 0 aliphatic carbocycles. The Kier molecular flexibility index (Phi) is 12.4. The van der Waals surface area contributed by atoms with E-state index < -0.39 is 10.8 Å². The molecule has 0 aliphatic rings. The topological polar surface area (TPSA) is 27.7 Å². The second-order valence-electron chi connectivity index (χ2n) is 14.4. The third-order valence-electron chi connectivity index (χ3n) is 9.78. The van der Waals surface area contributed by atoms with Crippen LogP contribution in [0.1, 0.15) is 49.9 Å². The van der Waals surface area contributed by atoms with Gasteiger partial charge in [-0.1, -0.05) is 135 Å². The molecule has 7 heteroatoms. The molecule has 0 saturated carbocycles. The first-order valence-electron chi connectivity index (χ1n) is 17.6. The zero-order valence-corrected chi connectivity index (χ0v) is 33.2. The summed E-state index contributed by atoms with van der Waals surface area (Å²) in [4.78, 5) is 0. The van der Waals surface area contributed by atoms with Gasteiger partial charge in [-0.05, 0) is 120 Å². The second-order valence-corrected chi connectivity index (χ2v) is 16.1. The van der Waals surface area contributed by atoms with Crippen LogP contribution in [0.15, 0.2) is 146 Å². The van der Waals surface area contributed by atoms with Gasteiger partial charge in [0.2, 0.25) is 0 Å². The third kappa shape index (κ3) is 10.2. The molecule has 0 heterocycles. The fourth-order valence-electron chi connectivity index (χ4n) is 6.55. The highest BCUT2D eigenvalue weighted by molar-refractivity contribution is 6.31. The van der Waals surface area contributed by atoms with Crippen LogP contribution in [0.25, 0.3) is 0 Å². The highest BCUT2D eigenvalue weighted by Crippen LogP contribution is 2.40. The molecular weight excluding hydrogens is 742 g/mol. The van der Waals surface area contributed by atoms with Crippen LogP contribution < -0.4 is 9.47 Å². The molecule has 2 atom stereocenters. The number of ether oxygens (including phenoxy) is 3. The first kappa shape index (κ1) is 38.8. The lowest BCUT2D eigenvalue weighted by Gasteiger charge is -2.43. The quantitative estimate of drug-likeness (QED) is 0.110. The number of rotatable bonds is 14. The molecule has 53 heavy (non-hydrogen) atoms. The maximum atomic E-state index is 7.52. The third-order valence-corrected chi connectivity index (χ3v) is 10.7. The molecule has 0 aromatic heterocycles. The highest BCUT2D eigenvalue weighted by atomic mass is 35.5. The van der Waals surface area contributed by atoms with Gasteiger partial charge < -0.3 is 14.2 Å². The summed E-state index contributed by atoms with van der Waals surface area (Å²) in [6.07, 6.45) is 0.434. The first-order chi connectivity index (χ1) is 25.3. The van der Waals surface area contributed by atoms with E-state index >= 15 is 0 Å². The summed E-state index contributed by atoms with van der Waals surface area (Å²) in [6.45, 7) is 8.85. The average molecular weight is 785 g/mol. The lowest BCUT2D eigenvalue weighted by Crippen LogP contribution is -2.46. The van der Waals surface area contributed by atoms with Crippen LogP contribution in [0.5, 0.6) is 23.0 Å². The molecule has 0 radical (unpaired) electrons. The van der Waals surface area contributed by atoms with E-state index in [9.17, 15) is 0 Å². The second kappa shape index (κ2) is 17.0. The van der Waals surface area contributed by atoms with Gasteiger partial charge in [-0.2, -0.15) is 0 Å². The van der Waals surface area contributed by atoms with E-state index in [2.05, 4.69) is 52.0 Å². The van der Waals surface area contributed by atoms with Crippen molar-refractivity contribution in [2.45, 2.75) is 63.6 Å². The molecule has 2 unspecified atom stereocenters. The van der Waals surface area contributed by atoms with Gasteiger partial charge in [0.1, 0.15) is 23.0 Å². The van der Waals surface area contributed by atoms with E-state index in [-0.39, 0.29) is 12.2 Å². The van der Waals surface area contributed by atoms with Gasteiger partial charge in [0.15, 0.2) is 0 Å². The average Bonchev–Trinajstić information content (AvgIpc) is 3.12. The number of hydrogen-bond donors (Lipinski definition) is 0. The van der Waals surface area contributed by atoms with E-state index in [1.54, 1.807) is 0 Å². The summed E-state index contributed by atoms with van der Waals surface area (Å²) in [5.74, 6) is 2.78. The Morgan fingerprint density at radius 1 is 0.415 bits per heavy atom. The molecule has 3 nitrogen and oxygen atoms in total. The van der Waals surface area contributed by atoms with E-state index in [0.29, 0.717) is 44.4 Å². The SMILES string of the molecule is CC(C)(c1ccc(Cl)cc1)C(Cc1cc(Cl)cc(Oc2ccccc2)c1)OC(Cc1cc(Cl)cc(Oc2ccccc2)c1)C(C)(C)c1ccc(Cl)cc1. The molecular formula is C46H42Cl4O3. The van der Waals surface area contributed by atoms with E-state index in [1.807, 2.05) is 121 Å². The molecule has 0 aliphatic heterocycles. The van der Waals surface area contributed by atoms with Crippen molar-refractivity contribution in [3.8, 4) is 23.0 Å². The minimum Gasteiger partial charge on any atom is -0.457 e. The van der Waals surface area contributed by atoms with Crippen molar-refractivity contribution >= 4 is 46.4 Å². The zero-order chi connectivity index (χ0) is 37.6. The first-order valence-corrected chi connectivity index (χ1v) is 19.1. The Balaban J connectivity index is 1.41. The van der Waals surface area contributed by atoms with Crippen molar-refractivity contribution in [2.75, 3.05) is 0 Å². The summed E-state index contributed by atoms with van der Waals surface area (Å²) < 4.78 is 20.0. The van der Waals surface area contributed by atoms with E-state index in [4.69, 9.17) is 60.6 Å². The van der Waals surface area contributed by atoms with Crippen molar-refractivity contribution < 1.29 is 14.2 Å². The van der Waals surface area contributed by atoms with Gasteiger partial charge in [0, 0.05) is 30.9 Å². The van der Waals surface area contributed by atoms with Crippen LogP contribution >= 0.6 is 46.4 Å². The largest absolute Gasteiger partial charge is 0.457 e. The predicted octanol–water partition coefficient (Wildman–Crippen LogP) is 14.4. The van der Waals surface area contributed by atoms with Crippen molar-refractivity contribution in [1.29, 1.82) is 0 Å². The Labute approximate surface area is 333 Å². The van der Waals surface area contributed by atoms with Crippen LogP contribution in [-0.2, 0) is 28.4 Å². The lowest BCUT2D eigenvalue weighted by atomic mass is 9.74. The lowest BCUT2D eigenvalue weighted by molar-refractivity contribution is -0.0752. The molecule has 0 amide bonds. The van der Waals surface area contributed by atoms with Gasteiger partial charge in [0.25, 0.3) is 0 Å². The fraction of sp³-hybridized carbons (Fsp3) is 0.217. The van der Waals surface area contributed by atoms with Crippen LogP contribution in [0.2, 0.25) is 20.1 Å². The van der Waals surface area contributed by atoms with Gasteiger partial charge in [0.05, 0.1) is 12.2 Å². The smallest absolute Gasteiger partial charge is 0.129 e. The van der Waals surface area contributed by atoms with Crippen LogP contribution in [0.4, 0.5) is 0 Å².